The van der Waals surface area contributed by atoms with Crippen LogP contribution in [0.4, 0.5) is 15.5 Å². The SMILES string of the molecule is NC(=O)c1ccc(N(C(N)=O)c2ccccc2)s1. The summed E-state index contributed by atoms with van der Waals surface area (Å²) in [7, 11) is 0. The highest BCUT2D eigenvalue weighted by molar-refractivity contribution is 7.18. The average Bonchev–Trinajstić information content (AvgIpc) is 2.79. The summed E-state index contributed by atoms with van der Waals surface area (Å²) >= 11 is 1.12. The number of carbonyl (C=O) groups is 2. The van der Waals surface area contributed by atoms with Crippen molar-refractivity contribution in [2.24, 2.45) is 11.5 Å². The van der Waals surface area contributed by atoms with Gasteiger partial charge >= 0.3 is 6.03 Å². The fourth-order valence-electron chi connectivity index (χ4n) is 1.52. The number of urea groups is 1. The highest BCUT2D eigenvalue weighted by Crippen LogP contribution is 2.31. The number of amides is 3. The van der Waals surface area contributed by atoms with Gasteiger partial charge in [0.05, 0.1) is 10.6 Å². The molecule has 0 bridgehead atoms. The summed E-state index contributed by atoms with van der Waals surface area (Å²) < 4.78 is 0. The van der Waals surface area contributed by atoms with E-state index in [0.29, 0.717) is 15.6 Å². The molecule has 1 aromatic carbocycles. The van der Waals surface area contributed by atoms with E-state index in [4.69, 9.17) is 11.5 Å². The summed E-state index contributed by atoms with van der Waals surface area (Å²) in [6.45, 7) is 0. The van der Waals surface area contributed by atoms with Crippen molar-refractivity contribution in [1.82, 2.24) is 0 Å². The molecular weight excluding hydrogens is 250 g/mol. The minimum Gasteiger partial charge on any atom is -0.365 e. The third-order valence-corrected chi connectivity index (χ3v) is 3.37. The smallest absolute Gasteiger partial charge is 0.324 e. The van der Waals surface area contributed by atoms with Crippen molar-refractivity contribution in [3.63, 3.8) is 0 Å². The predicted molar refractivity (Wildman–Crippen MR) is 71.0 cm³/mol. The highest BCUT2D eigenvalue weighted by atomic mass is 32.1. The van der Waals surface area contributed by atoms with E-state index < -0.39 is 11.9 Å². The van der Waals surface area contributed by atoms with E-state index in [2.05, 4.69) is 0 Å². The number of benzene rings is 1. The second kappa shape index (κ2) is 4.89. The maximum atomic E-state index is 11.5. The maximum absolute atomic E-state index is 11.5. The number of thiophene rings is 1. The highest BCUT2D eigenvalue weighted by Gasteiger charge is 2.17. The molecule has 0 radical (unpaired) electrons. The van der Waals surface area contributed by atoms with E-state index in [1.165, 1.54) is 4.90 Å². The third kappa shape index (κ3) is 2.33. The zero-order chi connectivity index (χ0) is 13.1. The molecule has 0 aliphatic heterocycles. The normalized spacial score (nSPS) is 10.0. The van der Waals surface area contributed by atoms with Gasteiger partial charge in [-0.1, -0.05) is 18.2 Å². The lowest BCUT2D eigenvalue weighted by Gasteiger charge is -2.18. The number of primary amides is 2. The van der Waals surface area contributed by atoms with Crippen LogP contribution < -0.4 is 16.4 Å². The zero-order valence-electron chi connectivity index (χ0n) is 9.37. The summed E-state index contributed by atoms with van der Waals surface area (Å²) in [5, 5.41) is 0.558. The molecule has 2 aromatic rings. The first-order chi connectivity index (χ1) is 8.59. The Balaban J connectivity index is 2.42. The van der Waals surface area contributed by atoms with E-state index >= 15 is 0 Å². The van der Waals surface area contributed by atoms with E-state index in [0.717, 1.165) is 11.3 Å². The first kappa shape index (κ1) is 12.1. The molecule has 0 saturated heterocycles. The first-order valence-corrected chi connectivity index (χ1v) is 5.95. The van der Waals surface area contributed by atoms with Gasteiger partial charge in [0.15, 0.2) is 0 Å². The molecule has 0 aliphatic rings. The largest absolute Gasteiger partial charge is 0.365 e. The van der Waals surface area contributed by atoms with Crippen LogP contribution in [0.5, 0.6) is 0 Å². The fourth-order valence-corrected chi connectivity index (χ4v) is 2.41. The van der Waals surface area contributed by atoms with Crippen LogP contribution in [0.25, 0.3) is 0 Å². The van der Waals surface area contributed by atoms with Crippen LogP contribution in [0, 0.1) is 0 Å². The van der Waals surface area contributed by atoms with E-state index in [1.807, 2.05) is 6.07 Å². The molecule has 1 heterocycles. The Morgan fingerprint density at radius 1 is 1.00 bits per heavy atom. The monoisotopic (exact) mass is 261 g/mol. The molecule has 4 N–H and O–H groups in total. The first-order valence-electron chi connectivity index (χ1n) is 5.14. The molecule has 18 heavy (non-hydrogen) atoms. The summed E-state index contributed by atoms with van der Waals surface area (Å²) in [6.07, 6.45) is 0. The van der Waals surface area contributed by atoms with E-state index in [9.17, 15) is 9.59 Å². The van der Waals surface area contributed by atoms with Gasteiger partial charge in [-0.15, -0.1) is 11.3 Å². The number of nitrogens with two attached hydrogens (primary N) is 2. The topological polar surface area (TPSA) is 89.4 Å². The summed E-state index contributed by atoms with van der Waals surface area (Å²) in [4.78, 5) is 24.3. The molecule has 0 atom stereocenters. The number of hydrogen-bond donors (Lipinski definition) is 2. The Bertz CT molecular complexity index is 580. The maximum Gasteiger partial charge on any atom is 0.324 e. The molecule has 1 aromatic heterocycles. The van der Waals surface area contributed by atoms with Crippen LogP contribution in [-0.2, 0) is 0 Å². The van der Waals surface area contributed by atoms with E-state index in [-0.39, 0.29) is 0 Å². The summed E-state index contributed by atoms with van der Waals surface area (Å²) in [5.41, 5.74) is 11.2. The van der Waals surface area contributed by atoms with Gasteiger partial charge in [0.25, 0.3) is 5.91 Å². The van der Waals surface area contributed by atoms with Crippen LogP contribution in [-0.4, -0.2) is 11.9 Å². The van der Waals surface area contributed by atoms with Gasteiger partial charge in [-0.25, -0.2) is 4.79 Å². The lowest BCUT2D eigenvalue weighted by molar-refractivity contribution is 0.100. The van der Waals surface area contributed by atoms with Crippen LogP contribution in [0.1, 0.15) is 9.67 Å². The Hall–Kier alpha value is -2.34. The molecule has 92 valence electrons. The Morgan fingerprint density at radius 2 is 1.67 bits per heavy atom. The van der Waals surface area contributed by atoms with Crippen molar-refractivity contribution in [2.75, 3.05) is 4.90 Å². The van der Waals surface area contributed by atoms with Gasteiger partial charge in [0.1, 0.15) is 5.00 Å². The minimum atomic E-state index is -0.612. The van der Waals surface area contributed by atoms with Crippen molar-refractivity contribution < 1.29 is 9.59 Å². The van der Waals surface area contributed by atoms with Gasteiger partial charge in [-0.3, -0.25) is 9.69 Å². The second-order valence-electron chi connectivity index (χ2n) is 3.51. The van der Waals surface area contributed by atoms with Crippen molar-refractivity contribution in [3.05, 3.63) is 47.3 Å². The number of hydrogen-bond acceptors (Lipinski definition) is 3. The Morgan fingerprint density at radius 3 is 2.17 bits per heavy atom. The van der Waals surface area contributed by atoms with Crippen LogP contribution >= 0.6 is 11.3 Å². The van der Waals surface area contributed by atoms with Gasteiger partial charge in [0.2, 0.25) is 0 Å². The molecule has 0 spiro atoms. The quantitative estimate of drug-likeness (QED) is 0.885. The third-order valence-electron chi connectivity index (χ3n) is 2.29. The Kier molecular flexibility index (Phi) is 3.29. The molecular formula is C12H11N3O2S. The number of para-hydroxylation sites is 1. The second-order valence-corrected chi connectivity index (χ2v) is 4.57. The number of anilines is 2. The van der Waals surface area contributed by atoms with Crippen molar-refractivity contribution in [2.45, 2.75) is 0 Å². The molecule has 2 rings (SSSR count). The van der Waals surface area contributed by atoms with Gasteiger partial charge in [0, 0.05) is 0 Å². The number of carbonyl (C=O) groups excluding carboxylic acids is 2. The zero-order valence-corrected chi connectivity index (χ0v) is 10.2. The average molecular weight is 261 g/mol. The fraction of sp³-hybridized carbons (Fsp3) is 0. The van der Waals surface area contributed by atoms with Gasteiger partial charge in [-0.05, 0) is 24.3 Å². The lowest BCUT2D eigenvalue weighted by Crippen LogP contribution is -2.30. The van der Waals surface area contributed by atoms with Gasteiger partial charge in [-0.2, -0.15) is 0 Å². The van der Waals surface area contributed by atoms with Gasteiger partial charge < -0.3 is 11.5 Å². The molecule has 3 amide bonds. The van der Waals surface area contributed by atoms with Crippen LogP contribution in [0.3, 0.4) is 0 Å². The molecule has 0 fully saturated rings. The summed E-state index contributed by atoms with van der Waals surface area (Å²) in [6, 6.07) is 11.6. The standard InChI is InChI=1S/C12H11N3O2S/c13-11(16)9-6-7-10(18-9)15(12(14)17)8-4-2-1-3-5-8/h1-7H,(H2,13,16)(H2,14,17). The molecule has 5 nitrogen and oxygen atoms in total. The van der Waals surface area contributed by atoms with Crippen molar-refractivity contribution in [3.8, 4) is 0 Å². The Labute approximate surface area is 108 Å². The number of nitrogens with zero attached hydrogens (tertiary/aromatic N) is 1. The van der Waals surface area contributed by atoms with E-state index in [1.54, 1.807) is 36.4 Å². The van der Waals surface area contributed by atoms with Crippen LogP contribution in [0.15, 0.2) is 42.5 Å². The van der Waals surface area contributed by atoms with Crippen LogP contribution in [0.2, 0.25) is 0 Å². The molecule has 0 saturated carbocycles. The molecule has 0 unspecified atom stereocenters. The van der Waals surface area contributed by atoms with Crippen molar-refractivity contribution >= 4 is 34.0 Å². The van der Waals surface area contributed by atoms with Crippen molar-refractivity contribution in [1.29, 1.82) is 0 Å². The lowest BCUT2D eigenvalue weighted by atomic mass is 10.3. The molecule has 0 aliphatic carbocycles. The molecule has 6 heteroatoms. The summed E-state index contributed by atoms with van der Waals surface area (Å²) in [5.74, 6) is -0.524. The minimum absolute atomic E-state index is 0.382. The number of rotatable bonds is 3. The predicted octanol–water partition coefficient (Wildman–Crippen LogP) is 2.06.